The van der Waals surface area contributed by atoms with Crippen molar-refractivity contribution in [3.63, 3.8) is 0 Å². The second kappa shape index (κ2) is 7.00. The van der Waals surface area contributed by atoms with E-state index in [0.29, 0.717) is 5.82 Å². The van der Waals surface area contributed by atoms with E-state index in [1.807, 2.05) is 0 Å². The molecule has 0 unspecified atom stereocenters. The van der Waals surface area contributed by atoms with Gasteiger partial charge in [-0.3, -0.25) is 9.36 Å². The topological polar surface area (TPSA) is 134 Å². The van der Waals surface area contributed by atoms with Gasteiger partial charge >= 0.3 is 5.97 Å². The number of carbonyl (C=O) groups excluding carboxylic acids is 1. The Balaban J connectivity index is 1.87. The second-order valence-corrected chi connectivity index (χ2v) is 5.40. The number of nitrogens with one attached hydrogen (secondary N) is 1. The molecule has 0 saturated carbocycles. The van der Waals surface area contributed by atoms with Gasteiger partial charge in [-0.05, 0) is 24.3 Å². The number of carbonyl (C=O) groups is 2. The molecule has 1 aromatic carbocycles. The summed E-state index contributed by atoms with van der Waals surface area (Å²) in [4.78, 5) is 27.6. The van der Waals surface area contributed by atoms with Crippen LogP contribution in [0.15, 0.2) is 43.0 Å². The monoisotopic (exact) mass is 368 g/mol. The first-order valence-electron chi connectivity index (χ1n) is 7.10. The number of carboxylic acid groups (broad SMARTS) is 1. The van der Waals surface area contributed by atoms with E-state index in [4.69, 9.17) is 16.9 Å². The van der Waals surface area contributed by atoms with E-state index in [1.165, 1.54) is 18.5 Å². The maximum Gasteiger partial charge on any atom is 0.337 e. The maximum absolute atomic E-state index is 12.3. The van der Waals surface area contributed by atoms with Crippen LogP contribution in [0, 0.1) is 11.3 Å². The number of aromatic carboxylic acids is 1. The highest BCUT2D eigenvalue weighted by atomic mass is 35.5. The fourth-order valence-corrected chi connectivity index (χ4v) is 2.31. The number of aromatic nitrogens is 4. The van der Waals surface area contributed by atoms with Gasteiger partial charge in [-0.25, -0.2) is 9.78 Å². The van der Waals surface area contributed by atoms with Gasteiger partial charge in [0.2, 0.25) is 0 Å². The van der Waals surface area contributed by atoms with E-state index in [-0.39, 0.29) is 27.5 Å². The van der Waals surface area contributed by atoms with Crippen molar-refractivity contribution >= 4 is 29.2 Å². The lowest BCUT2D eigenvalue weighted by Crippen LogP contribution is -2.17. The summed E-state index contributed by atoms with van der Waals surface area (Å²) in [6, 6.07) is 7.08. The first-order valence-corrected chi connectivity index (χ1v) is 7.47. The van der Waals surface area contributed by atoms with Crippen molar-refractivity contribution in [2.45, 2.75) is 0 Å². The molecule has 2 aromatic heterocycles. The molecule has 9 nitrogen and oxygen atoms in total. The van der Waals surface area contributed by atoms with E-state index in [1.54, 1.807) is 29.1 Å². The summed E-state index contributed by atoms with van der Waals surface area (Å²) < 4.78 is 1.61. The van der Waals surface area contributed by atoms with E-state index >= 15 is 0 Å². The molecule has 0 aliphatic rings. The number of nitriles is 1. The summed E-state index contributed by atoms with van der Waals surface area (Å²) in [6.45, 7) is 0. The Kier molecular flexibility index (Phi) is 4.59. The van der Waals surface area contributed by atoms with Crippen LogP contribution >= 0.6 is 11.6 Å². The minimum Gasteiger partial charge on any atom is -0.478 e. The molecule has 128 valence electrons. The molecule has 2 heterocycles. The molecule has 2 N–H and O–H groups in total. The highest BCUT2D eigenvalue weighted by molar-refractivity contribution is 6.32. The first-order chi connectivity index (χ1) is 12.5. The highest BCUT2D eigenvalue weighted by Gasteiger charge is 2.18. The van der Waals surface area contributed by atoms with Gasteiger partial charge in [0.1, 0.15) is 12.4 Å². The normalized spacial score (nSPS) is 10.2. The van der Waals surface area contributed by atoms with Crippen molar-refractivity contribution in [1.29, 1.82) is 5.26 Å². The van der Waals surface area contributed by atoms with E-state index in [2.05, 4.69) is 20.5 Å². The van der Waals surface area contributed by atoms with Crippen LogP contribution < -0.4 is 5.32 Å². The smallest absolute Gasteiger partial charge is 0.337 e. The highest BCUT2D eigenvalue weighted by Crippen LogP contribution is 2.25. The molecule has 0 saturated heterocycles. The SMILES string of the molecule is N#Cc1cc(C(=O)O)c(NC(=O)c2ccc(-n3ccnc3)nn2)cc1Cl. The number of imidazole rings is 1. The maximum atomic E-state index is 12.3. The van der Waals surface area contributed by atoms with Gasteiger partial charge in [0.05, 0.1) is 21.8 Å². The Labute approximate surface area is 151 Å². The van der Waals surface area contributed by atoms with Crippen molar-refractivity contribution in [3.05, 3.63) is 64.8 Å². The van der Waals surface area contributed by atoms with E-state index < -0.39 is 11.9 Å². The lowest BCUT2D eigenvalue weighted by molar-refractivity contribution is 0.0698. The van der Waals surface area contributed by atoms with Crippen LogP contribution in [-0.2, 0) is 0 Å². The number of hydrogen-bond acceptors (Lipinski definition) is 6. The Morgan fingerprint density at radius 3 is 2.65 bits per heavy atom. The van der Waals surface area contributed by atoms with Crippen LogP contribution in [0.1, 0.15) is 26.4 Å². The Morgan fingerprint density at radius 2 is 2.08 bits per heavy atom. The molecule has 0 atom stereocenters. The second-order valence-electron chi connectivity index (χ2n) is 5.00. The number of halogens is 1. The van der Waals surface area contributed by atoms with E-state index in [9.17, 15) is 14.7 Å². The molecule has 0 spiro atoms. The number of benzene rings is 1. The number of anilines is 1. The summed E-state index contributed by atoms with van der Waals surface area (Å²) >= 11 is 5.91. The first kappa shape index (κ1) is 17.1. The predicted molar refractivity (Wildman–Crippen MR) is 90.2 cm³/mol. The average molecular weight is 369 g/mol. The molecule has 0 aliphatic carbocycles. The molecular formula is C16H9ClN6O3. The summed E-state index contributed by atoms with van der Waals surface area (Å²) in [5, 5.41) is 28.4. The zero-order chi connectivity index (χ0) is 18.7. The molecule has 3 aromatic rings. The Bertz CT molecular complexity index is 1030. The van der Waals surface area contributed by atoms with Crippen molar-refractivity contribution < 1.29 is 14.7 Å². The molecule has 3 rings (SSSR count). The molecular weight excluding hydrogens is 360 g/mol. The van der Waals surface area contributed by atoms with Crippen molar-refractivity contribution in [3.8, 4) is 11.9 Å². The fraction of sp³-hybridized carbons (Fsp3) is 0. The number of amides is 1. The number of carboxylic acids is 1. The predicted octanol–water partition coefficient (Wildman–Crippen LogP) is 2.14. The zero-order valence-corrected chi connectivity index (χ0v) is 13.7. The zero-order valence-electron chi connectivity index (χ0n) is 12.9. The molecule has 26 heavy (non-hydrogen) atoms. The third-order valence-corrected chi connectivity index (χ3v) is 3.67. The van der Waals surface area contributed by atoms with Gasteiger partial charge in [-0.2, -0.15) is 5.26 Å². The van der Waals surface area contributed by atoms with Gasteiger partial charge < -0.3 is 10.4 Å². The number of rotatable bonds is 4. The summed E-state index contributed by atoms with van der Waals surface area (Å²) in [5.41, 5.74) is -0.341. The Hall–Kier alpha value is -3.77. The molecule has 10 heteroatoms. The van der Waals surface area contributed by atoms with Crippen molar-refractivity contribution in [2.24, 2.45) is 0 Å². The van der Waals surface area contributed by atoms with Gasteiger partial charge in [-0.1, -0.05) is 11.6 Å². The molecule has 0 bridgehead atoms. The van der Waals surface area contributed by atoms with Gasteiger partial charge in [0.25, 0.3) is 5.91 Å². The van der Waals surface area contributed by atoms with Gasteiger partial charge in [-0.15, -0.1) is 10.2 Å². The summed E-state index contributed by atoms with van der Waals surface area (Å²) in [6.07, 6.45) is 4.77. The molecule has 0 radical (unpaired) electrons. The quantitative estimate of drug-likeness (QED) is 0.720. The molecule has 0 aliphatic heterocycles. The van der Waals surface area contributed by atoms with Gasteiger partial charge in [0, 0.05) is 12.4 Å². The van der Waals surface area contributed by atoms with Crippen molar-refractivity contribution in [2.75, 3.05) is 5.32 Å². The number of nitrogens with zero attached hydrogens (tertiary/aromatic N) is 5. The minimum atomic E-state index is -1.31. The number of hydrogen-bond donors (Lipinski definition) is 2. The largest absolute Gasteiger partial charge is 0.478 e. The lowest BCUT2D eigenvalue weighted by Gasteiger charge is -2.10. The van der Waals surface area contributed by atoms with Crippen molar-refractivity contribution in [1.82, 2.24) is 19.7 Å². The Morgan fingerprint density at radius 1 is 1.27 bits per heavy atom. The fourth-order valence-electron chi connectivity index (χ4n) is 2.10. The minimum absolute atomic E-state index is 0.00783. The van der Waals surface area contributed by atoms with Crippen LogP contribution in [0.25, 0.3) is 5.82 Å². The summed E-state index contributed by atoms with van der Waals surface area (Å²) in [7, 11) is 0. The van der Waals surface area contributed by atoms with Gasteiger partial charge in [0.15, 0.2) is 11.5 Å². The molecule has 0 fully saturated rings. The lowest BCUT2D eigenvalue weighted by atomic mass is 10.1. The van der Waals surface area contributed by atoms with Crippen LogP contribution in [0.3, 0.4) is 0 Å². The van der Waals surface area contributed by atoms with E-state index in [0.717, 1.165) is 6.07 Å². The van der Waals surface area contributed by atoms with Crippen LogP contribution in [-0.4, -0.2) is 36.7 Å². The third-order valence-electron chi connectivity index (χ3n) is 3.36. The van der Waals surface area contributed by atoms with Crippen LogP contribution in [0.5, 0.6) is 0 Å². The standard InChI is InChI=1S/C16H9ClN6O3/c17-11-6-13(10(16(25)26)5-9(11)7-18)20-15(24)12-1-2-14(22-21-12)23-4-3-19-8-23/h1-6,8H,(H,20,24)(H,25,26). The van der Waals surface area contributed by atoms with Crippen LogP contribution in [0.4, 0.5) is 5.69 Å². The third kappa shape index (κ3) is 3.35. The average Bonchev–Trinajstić information content (AvgIpc) is 3.16. The van der Waals surface area contributed by atoms with Crippen LogP contribution in [0.2, 0.25) is 5.02 Å². The molecule has 1 amide bonds. The summed E-state index contributed by atoms with van der Waals surface area (Å²) in [5.74, 6) is -1.51.